The number of carbonyl (C=O) groups is 5. The number of carbonyl (C=O) groups excluding carboxylic acids is 4. The van der Waals surface area contributed by atoms with Crippen LogP contribution in [0.1, 0.15) is 12.8 Å². The SMILES string of the molecule is CSCCC(N)C(=O)NC(CO)C(=O)NCC(=O)NC(CC(N)=O)C(=O)O. The van der Waals surface area contributed by atoms with E-state index in [1.165, 1.54) is 11.8 Å². The number of nitrogens with two attached hydrogens (primary N) is 2. The van der Waals surface area contributed by atoms with Crippen LogP contribution in [0.2, 0.25) is 0 Å². The fraction of sp³-hybridized carbons (Fsp3) is 0.643. The minimum atomic E-state index is -1.53. The van der Waals surface area contributed by atoms with Crippen molar-refractivity contribution in [2.24, 2.45) is 11.5 Å². The Balaban J connectivity index is 4.54. The zero-order chi connectivity index (χ0) is 21.0. The van der Waals surface area contributed by atoms with E-state index in [2.05, 4.69) is 10.6 Å². The van der Waals surface area contributed by atoms with E-state index >= 15 is 0 Å². The molecular weight excluding hydrogens is 382 g/mol. The van der Waals surface area contributed by atoms with Crippen LogP contribution < -0.4 is 27.4 Å². The molecule has 27 heavy (non-hydrogen) atoms. The second kappa shape index (κ2) is 12.9. The molecule has 9 N–H and O–H groups in total. The molecule has 0 aromatic carbocycles. The third kappa shape index (κ3) is 10.4. The van der Waals surface area contributed by atoms with Crippen molar-refractivity contribution in [1.29, 1.82) is 0 Å². The van der Waals surface area contributed by atoms with Crippen molar-refractivity contribution in [2.75, 3.05) is 25.2 Å². The second-order valence-corrected chi connectivity index (χ2v) is 6.46. The Morgan fingerprint density at radius 2 is 1.70 bits per heavy atom. The van der Waals surface area contributed by atoms with Crippen LogP contribution in [0.5, 0.6) is 0 Å². The summed E-state index contributed by atoms with van der Waals surface area (Å²) >= 11 is 1.50. The van der Waals surface area contributed by atoms with Gasteiger partial charge in [0.15, 0.2) is 0 Å². The van der Waals surface area contributed by atoms with Crippen LogP contribution in [0.25, 0.3) is 0 Å². The minimum Gasteiger partial charge on any atom is -0.480 e. The van der Waals surface area contributed by atoms with Gasteiger partial charge in [-0.2, -0.15) is 11.8 Å². The van der Waals surface area contributed by atoms with Gasteiger partial charge in [0.05, 0.1) is 25.6 Å². The third-order valence-electron chi connectivity index (χ3n) is 3.25. The predicted molar refractivity (Wildman–Crippen MR) is 96.4 cm³/mol. The fourth-order valence-electron chi connectivity index (χ4n) is 1.79. The van der Waals surface area contributed by atoms with E-state index in [1.807, 2.05) is 11.6 Å². The van der Waals surface area contributed by atoms with Crippen LogP contribution in [-0.4, -0.2) is 83.1 Å². The summed E-state index contributed by atoms with van der Waals surface area (Å²) in [4.78, 5) is 57.2. The van der Waals surface area contributed by atoms with Crippen molar-refractivity contribution in [3.8, 4) is 0 Å². The Kier molecular flexibility index (Phi) is 11.8. The van der Waals surface area contributed by atoms with Crippen LogP contribution >= 0.6 is 11.8 Å². The molecule has 0 saturated heterocycles. The van der Waals surface area contributed by atoms with Gasteiger partial charge in [-0.1, -0.05) is 0 Å². The maximum atomic E-state index is 11.9. The van der Waals surface area contributed by atoms with Gasteiger partial charge in [-0.15, -0.1) is 0 Å². The number of aliphatic carboxylic acids is 1. The molecule has 0 rings (SSSR count). The number of amides is 4. The number of rotatable bonds is 13. The average molecular weight is 407 g/mol. The zero-order valence-electron chi connectivity index (χ0n) is 14.8. The molecule has 0 bridgehead atoms. The highest BCUT2D eigenvalue weighted by Gasteiger charge is 2.25. The lowest BCUT2D eigenvalue weighted by Crippen LogP contribution is -2.55. The summed E-state index contributed by atoms with van der Waals surface area (Å²) in [6.45, 7) is -1.36. The first-order chi connectivity index (χ1) is 12.6. The Hall–Kier alpha value is -2.38. The van der Waals surface area contributed by atoms with Crippen molar-refractivity contribution in [1.82, 2.24) is 16.0 Å². The van der Waals surface area contributed by atoms with Crippen molar-refractivity contribution in [3.05, 3.63) is 0 Å². The maximum Gasteiger partial charge on any atom is 0.326 e. The van der Waals surface area contributed by atoms with Gasteiger partial charge < -0.3 is 37.6 Å². The standard InChI is InChI=1S/C14H25N5O7S/c1-27-3-2-7(15)12(23)19-9(6-20)13(24)17-5-11(22)18-8(14(25)26)4-10(16)21/h7-9,20H,2-6,15H2,1H3,(H2,16,21)(H,17,24)(H,18,22)(H,19,23)(H,25,26). The molecule has 3 atom stereocenters. The molecule has 0 fully saturated rings. The lowest BCUT2D eigenvalue weighted by atomic mass is 10.2. The molecule has 3 unspecified atom stereocenters. The van der Waals surface area contributed by atoms with Gasteiger partial charge in [-0.3, -0.25) is 19.2 Å². The van der Waals surface area contributed by atoms with Crippen molar-refractivity contribution < 1.29 is 34.2 Å². The first-order valence-electron chi connectivity index (χ1n) is 7.86. The average Bonchev–Trinajstić information content (AvgIpc) is 2.60. The summed E-state index contributed by atoms with van der Waals surface area (Å²) in [7, 11) is 0. The molecule has 13 heteroatoms. The van der Waals surface area contributed by atoms with E-state index in [1.54, 1.807) is 0 Å². The third-order valence-corrected chi connectivity index (χ3v) is 3.89. The van der Waals surface area contributed by atoms with Gasteiger partial charge in [0.1, 0.15) is 12.1 Å². The van der Waals surface area contributed by atoms with Crippen LogP contribution in [0.3, 0.4) is 0 Å². The molecular formula is C14H25N5O7S. The highest BCUT2D eigenvalue weighted by atomic mass is 32.2. The number of thioether (sulfide) groups is 1. The van der Waals surface area contributed by atoms with E-state index < -0.39 is 67.3 Å². The van der Waals surface area contributed by atoms with Crippen LogP contribution in [0.15, 0.2) is 0 Å². The smallest absolute Gasteiger partial charge is 0.326 e. The summed E-state index contributed by atoms with van der Waals surface area (Å²) in [6.07, 6.45) is 1.61. The highest BCUT2D eigenvalue weighted by molar-refractivity contribution is 7.98. The van der Waals surface area contributed by atoms with Crippen LogP contribution in [-0.2, 0) is 24.0 Å². The molecule has 0 aliphatic rings. The molecule has 0 spiro atoms. The summed E-state index contributed by atoms with van der Waals surface area (Å²) in [6, 6.07) is -3.71. The fourth-order valence-corrected chi connectivity index (χ4v) is 2.28. The number of nitrogens with one attached hydrogen (secondary N) is 3. The van der Waals surface area contributed by atoms with E-state index in [0.29, 0.717) is 12.2 Å². The summed E-state index contributed by atoms with van der Waals surface area (Å²) in [5, 5.41) is 24.5. The Morgan fingerprint density at radius 1 is 1.07 bits per heavy atom. The Bertz CT molecular complexity index is 560. The quantitative estimate of drug-likeness (QED) is 0.159. The summed E-state index contributed by atoms with van der Waals surface area (Å²) in [5.74, 6) is -4.13. The molecule has 4 amide bonds. The molecule has 154 valence electrons. The van der Waals surface area contributed by atoms with E-state index in [-0.39, 0.29) is 0 Å². The van der Waals surface area contributed by atoms with Crippen molar-refractivity contribution in [2.45, 2.75) is 31.0 Å². The van der Waals surface area contributed by atoms with Gasteiger partial charge >= 0.3 is 5.97 Å². The van der Waals surface area contributed by atoms with Gasteiger partial charge in [0.2, 0.25) is 23.6 Å². The van der Waals surface area contributed by atoms with Crippen molar-refractivity contribution in [3.63, 3.8) is 0 Å². The molecule has 0 aromatic rings. The highest BCUT2D eigenvalue weighted by Crippen LogP contribution is 1.99. The molecule has 12 nitrogen and oxygen atoms in total. The van der Waals surface area contributed by atoms with Gasteiger partial charge in [-0.05, 0) is 18.4 Å². The number of carboxylic acid groups (broad SMARTS) is 1. The molecule has 0 saturated carbocycles. The second-order valence-electron chi connectivity index (χ2n) is 5.48. The van der Waals surface area contributed by atoms with E-state index in [9.17, 15) is 29.1 Å². The van der Waals surface area contributed by atoms with Gasteiger partial charge in [0, 0.05) is 0 Å². The van der Waals surface area contributed by atoms with Crippen molar-refractivity contribution >= 4 is 41.4 Å². The summed E-state index contributed by atoms with van der Waals surface area (Å²) in [5.41, 5.74) is 10.5. The number of carboxylic acids is 1. The Morgan fingerprint density at radius 3 is 2.19 bits per heavy atom. The first kappa shape index (κ1) is 24.6. The number of aliphatic hydroxyl groups excluding tert-OH is 1. The predicted octanol–water partition coefficient (Wildman–Crippen LogP) is -3.90. The largest absolute Gasteiger partial charge is 0.480 e. The first-order valence-corrected chi connectivity index (χ1v) is 9.25. The number of hydrogen-bond acceptors (Lipinski definition) is 8. The van der Waals surface area contributed by atoms with Crippen LogP contribution in [0.4, 0.5) is 0 Å². The Labute approximate surface area is 159 Å². The molecule has 0 aromatic heterocycles. The van der Waals surface area contributed by atoms with Gasteiger partial charge in [-0.25, -0.2) is 4.79 Å². The maximum absolute atomic E-state index is 11.9. The molecule has 0 heterocycles. The molecule has 0 aliphatic carbocycles. The van der Waals surface area contributed by atoms with E-state index in [0.717, 1.165) is 0 Å². The number of hydrogen-bond donors (Lipinski definition) is 7. The molecule has 0 aliphatic heterocycles. The summed E-state index contributed by atoms with van der Waals surface area (Å²) < 4.78 is 0. The number of primary amides is 1. The van der Waals surface area contributed by atoms with Crippen LogP contribution in [0, 0.1) is 0 Å². The lowest BCUT2D eigenvalue weighted by molar-refractivity contribution is -0.143. The topological polar surface area (TPSA) is 214 Å². The van der Waals surface area contributed by atoms with E-state index in [4.69, 9.17) is 16.6 Å². The number of aliphatic hydroxyl groups is 1. The molecule has 0 radical (unpaired) electrons. The monoisotopic (exact) mass is 407 g/mol. The lowest BCUT2D eigenvalue weighted by Gasteiger charge is -2.19. The minimum absolute atomic E-state index is 0.381. The van der Waals surface area contributed by atoms with Gasteiger partial charge in [0.25, 0.3) is 0 Å². The normalized spacial score (nSPS) is 13.7. The zero-order valence-corrected chi connectivity index (χ0v) is 15.6.